The van der Waals surface area contributed by atoms with Gasteiger partial charge in [-0.25, -0.2) is 9.80 Å². The Balaban J connectivity index is 1.90. The van der Waals surface area contributed by atoms with Gasteiger partial charge in [-0.2, -0.15) is 5.10 Å². The van der Waals surface area contributed by atoms with Gasteiger partial charge in [0.25, 0.3) is 5.91 Å². The van der Waals surface area contributed by atoms with Crippen molar-refractivity contribution in [3.05, 3.63) is 64.7 Å². The molecule has 0 unspecified atom stereocenters. The fraction of sp³-hybridized carbons (Fsp3) is 0.423. The van der Waals surface area contributed by atoms with E-state index in [1.54, 1.807) is 26.4 Å². The fourth-order valence-corrected chi connectivity index (χ4v) is 3.88. The number of hydrazone groups is 1. The molecule has 1 aliphatic heterocycles. The molecule has 0 aromatic heterocycles. The first-order chi connectivity index (χ1) is 16.6. The van der Waals surface area contributed by atoms with Crippen LogP contribution in [0.25, 0.3) is 0 Å². The van der Waals surface area contributed by atoms with Gasteiger partial charge in [0, 0.05) is 36.2 Å². The number of amides is 3. The van der Waals surface area contributed by atoms with Crippen molar-refractivity contribution < 1.29 is 19.1 Å². The summed E-state index contributed by atoms with van der Waals surface area (Å²) in [5.41, 5.74) is 2.11. The Bertz CT molecular complexity index is 1070. The summed E-state index contributed by atoms with van der Waals surface area (Å²) >= 11 is 6.09. The van der Waals surface area contributed by atoms with Gasteiger partial charge in [0.15, 0.2) is 0 Å². The average molecular weight is 501 g/mol. The number of hydrogen-bond donors (Lipinski definition) is 1. The van der Waals surface area contributed by atoms with Gasteiger partial charge in [-0.15, -0.1) is 0 Å². The Morgan fingerprint density at radius 3 is 2.51 bits per heavy atom. The summed E-state index contributed by atoms with van der Waals surface area (Å²) in [4.78, 5) is 27.9. The van der Waals surface area contributed by atoms with E-state index in [0.29, 0.717) is 23.8 Å². The summed E-state index contributed by atoms with van der Waals surface area (Å²) in [7, 11) is 3.17. The molecule has 0 spiro atoms. The van der Waals surface area contributed by atoms with Crippen LogP contribution in [0.2, 0.25) is 5.02 Å². The highest BCUT2D eigenvalue weighted by molar-refractivity contribution is 6.30. The van der Waals surface area contributed by atoms with Crippen molar-refractivity contribution in [2.75, 3.05) is 33.9 Å². The van der Waals surface area contributed by atoms with Gasteiger partial charge in [0.05, 0.1) is 25.5 Å². The molecule has 9 heteroatoms. The summed E-state index contributed by atoms with van der Waals surface area (Å²) < 4.78 is 10.5. The second kappa shape index (κ2) is 11.6. The molecule has 0 bridgehead atoms. The predicted molar refractivity (Wildman–Crippen MR) is 137 cm³/mol. The van der Waals surface area contributed by atoms with Crippen LogP contribution in [0.1, 0.15) is 44.4 Å². The number of hydrogen-bond acceptors (Lipinski definition) is 5. The number of rotatable bonds is 8. The molecule has 0 aliphatic carbocycles. The molecule has 2 aromatic rings. The quantitative estimate of drug-likeness (QED) is 0.579. The van der Waals surface area contributed by atoms with Gasteiger partial charge in [-0.1, -0.05) is 35.9 Å². The molecule has 0 saturated heterocycles. The molecule has 1 heterocycles. The molecule has 1 atom stereocenters. The average Bonchev–Trinajstić information content (AvgIpc) is 3.26. The standard InChI is InChI=1S/C26H33ClN4O4/c1-26(2,3)28-25(33)30(13-14-34-4)17-24(32)31-23(18-9-11-20(27)12-10-18)16-22(29-31)19-7-6-8-21(15-19)35-5/h6-12,15,23H,13-14,16-17H2,1-5H3,(H,28,33)/t23-/m1/s1. The van der Waals surface area contributed by atoms with E-state index in [-0.39, 0.29) is 31.1 Å². The number of urea groups is 1. The molecular formula is C26H33ClN4O4. The first-order valence-electron chi connectivity index (χ1n) is 11.5. The molecule has 0 saturated carbocycles. The molecule has 8 nitrogen and oxygen atoms in total. The van der Waals surface area contributed by atoms with Crippen LogP contribution in [0.15, 0.2) is 53.6 Å². The Kier molecular flexibility index (Phi) is 8.75. The van der Waals surface area contributed by atoms with Crippen LogP contribution >= 0.6 is 11.6 Å². The SMILES string of the molecule is COCCN(CC(=O)N1N=C(c2cccc(OC)c2)C[C@@H]1c1ccc(Cl)cc1)C(=O)NC(C)(C)C. The zero-order valence-corrected chi connectivity index (χ0v) is 21.6. The largest absolute Gasteiger partial charge is 0.497 e. The summed E-state index contributed by atoms with van der Waals surface area (Å²) in [5, 5.41) is 9.71. The number of halogens is 1. The molecule has 1 aliphatic rings. The van der Waals surface area contributed by atoms with E-state index >= 15 is 0 Å². The Morgan fingerprint density at radius 1 is 1.17 bits per heavy atom. The first-order valence-corrected chi connectivity index (χ1v) is 11.8. The van der Waals surface area contributed by atoms with E-state index in [2.05, 4.69) is 5.32 Å². The first kappa shape index (κ1) is 26.5. The zero-order valence-electron chi connectivity index (χ0n) is 20.9. The van der Waals surface area contributed by atoms with Crippen LogP contribution in [-0.2, 0) is 9.53 Å². The van der Waals surface area contributed by atoms with Crippen LogP contribution in [0, 0.1) is 0 Å². The van der Waals surface area contributed by atoms with Crippen LogP contribution in [0.5, 0.6) is 5.75 Å². The zero-order chi connectivity index (χ0) is 25.6. The number of benzene rings is 2. The summed E-state index contributed by atoms with van der Waals surface area (Å²) in [6, 6.07) is 14.3. The summed E-state index contributed by atoms with van der Waals surface area (Å²) in [6.07, 6.45) is 0.521. The van der Waals surface area contributed by atoms with Crippen molar-refractivity contribution in [3.8, 4) is 5.75 Å². The van der Waals surface area contributed by atoms with E-state index in [4.69, 9.17) is 26.2 Å². The smallest absolute Gasteiger partial charge is 0.318 e. The molecule has 2 aromatic carbocycles. The van der Waals surface area contributed by atoms with Crippen molar-refractivity contribution in [1.29, 1.82) is 0 Å². The maximum Gasteiger partial charge on any atom is 0.318 e. The second-order valence-electron chi connectivity index (χ2n) is 9.38. The highest BCUT2D eigenvalue weighted by Crippen LogP contribution is 2.34. The van der Waals surface area contributed by atoms with Crippen molar-refractivity contribution >= 4 is 29.3 Å². The molecule has 188 valence electrons. The third-order valence-corrected chi connectivity index (χ3v) is 5.74. The lowest BCUT2D eigenvalue weighted by Crippen LogP contribution is -2.52. The fourth-order valence-electron chi connectivity index (χ4n) is 3.75. The lowest BCUT2D eigenvalue weighted by atomic mass is 9.98. The van der Waals surface area contributed by atoms with Gasteiger partial charge in [-0.3, -0.25) is 4.79 Å². The Morgan fingerprint density at radius 2 is 1.89 bits per heavy atom. The lowest BCUT2D eigenvalue weighted by molar-refractivity contribution is -0.133. The van der Waals surface area contributed by atoms with Gasteiger partial charge in [0.2, 0.25) is 0 Å². The van der Waals surface area contributed by atoms with Crippen molar-refractivity contribution in [3.63, 3.8) is 0 Å². The molecule has 0 fully saturated rings. The van der Waals surface area contributed by atoms with E-state index in [9.17, 15) is 9.59 Å². The van der Waals surface area contributed by atoms with Crippen LogP contribution in [0.3, 0.4) is 0 Å². The van der Waals surface area contributed by atoms with E-state index in [1.165, 1.54) is 9.91 Å². The lowest BCUT2D eigenvalue weighted by Gasteiger charge is -2.30. The Hall–Kier alpha value is -3.10. The molecule has 1 N–H and O–H groups in total. The van der Waals surface area contributed by atoms with E-state index < -0.39 is 5.54 Å². The van der Waals surface area contributed by atoms with Gasteiger partial charge < -0.3 is 19.7 Å². The topological polar surface area (TPSA) is 83.5 Å². The number of ether oxygens (including phenoxy) is 2. The molecular weight excluding hydrogens is 468 g/mol. The van der Waals surface area contributed by atoms with Crippen LogP contribution < -0.4 is 10.1 Å². The van der Waals surface area contributed by atoms with E-state index in [0.717, 1.165) is 16.8 Å². The maximum atomic E-state index is 13.5. The summed E-state index contributed by atoms with van der Waals surface area (Å²) in [6.45, 7) is 6.12. The van der Waals surface area contributed by atoms with Gasteiger partial charge in [0.1, 0.15) is 12.3 Å². The van der Waals surface area contributed by atoms with Crippen molar-refractivity contribution in [1.82, 2.24) is 15.2 Å². The molecule has 0 radical (unpaired) electrons. The number of carbonyl (C=O) groups excluding carboxylic acids is 2. The third-order valence-electron chi connectivity index (χ3n) is 5.48. The molecule has 3 rings (SSSR count). The van der Waals surface area contributed by atoms with Crippen molar-refractivity contribution in [2.45, 2.75) is 38.8 Å². The minimum Gasteiger partial charge on any atom is -0.497 e. The number of methoxy groups -OCH3 is 2. The van der Waals surface area contributed by atoms with E-state index in [1.807, 2.05) is 57.2 Å². The monoisotopic (exact) mass is 500 g/mol. The van der Waals surface area contributed by atoms with Gasteiger partial charge >= 0.3 is 6.03 Å². The van der Waals surface area contributed by atoms with Crippen LogP contribution in [-0.4, -0.2) is 67.0 Å². The Labute approximate surface area is 211 Å². The minimum absolute atomic E-state index is 0.135. The van der Waals surface area contributed by atoms with Crippen LogP contribution in [0.4, 0.5) is 4.79 Å². The summed E-state index contributed by atoms with van der Waals surface area (Å²) in [5.74, 6) is 0.422. The highest BCUT2D eigenvalue weighted by Gasteiger charge is 2.34. The third kappa shape index (κ3) is 7.19. The number of nitrogens with one attached hydrogen (secondary N) is 1. The van der Waals surface area contributed by atoms with Gasteiger partial charge in [-0.05, 0) is 50.6 Å². The predicted octanol–water partition coefficient (Wildman–Crippen LogP) is 4.48. The molecule has 35 heavy (non-hydrogen) atoms. The normalized spacial score (nSPS) is 15.5. The second-order valence-corrected chi connectivity index (χ2v) is 9.82. The minimum atomic E-state index is -0.442. The highest BCUT2D eigenvalue weighted by atomic mass is 35.5. The number of nitrogens with zero attached hydrogens (tertiary/aromatic N) is 3. The van der Waals surface area contributed by atoms with Crippen molar-refractivity contribution in [2.24, 2.45) is 5.10 Å². The number of carbonyl (C=O) groups is 2. The molecule has 3 amide bonds. The maximum absolute atomic E-state index is 13.5.